The number of rotatable bonds is 5. The van der Waals surface area contributed by atoms with Crippen molar-refractivity contribution in [3.05, 3.63) is 23.5 Å². The van der Waals surface area contributed by atoms with Crippen molar-refractivity contribution >= 4 is 17.2 Å². The number of hydrogen-bond acceptors (Lipinski definition) is 5. The molecule has 0 aliphatic rings. The van der Waals surface area contributed by atoms with Crippen LogP contribution in [0.5, 0.6) is 0 Å². The summed E-state index contributed by atoms with van der Waals surface area (Å²) in [6.07, 6.45) is 3.74. The molecule has 1 atom stereocenters. The van der Waals surface area contributed by atoms with Gasteiger partial charge in [-0.15, -0.1) is 11.3 Å². The molecule has 0 radical (unpaired) electrons. The zero-order chi connectivity index (χ0) is 14.7. The van der Waals surface area contributed by atoms with E-state index in [1.54, 1.807) is 35.1 Å². The summed E-state index contributed by atoms with van der Waals surface area (Å²) < 4.78 is 1.70. The molecule has 108 valence electrons. The lowest BCUT2D eigenvalue weighted by Crippen LogP contribution is -2.29. The molecule has 0 fully saturated rings. The van der Waals surface area contributed by atoms with Crippen LogP contribution < -0.4 is 0 Å². The van der Waals surface area contributed by atoms with E-state index in [0.29, 0.717) is 18.7 Å². The highest BCUT2D eigenvalue weighted by Gasteiger charge is 2.16. The Hall–Kier alpha value is -1.73. The van der Waals surface area contributed by atoms with Crippen molar-refractivity contribution in [2.24, 2.45) is 7.05 Å². The minimum Gasteiger partial charge on any atom is -0.393 e. The zero-order valence-corrected chi connectivity index (χ0v) is 12.6. The van der Waals surface area contributed by atoms with E-state index in [4.69, 9.17) is 0 Å². The van der Waals surface area contributed by atoms with Gasteiger partial charge in [-0.25, -0.2) is 4.98 Å². The quantitative estimate of drug-likeness (QED) is 0.904. The number of aryl methyl sites for hydroxylation is 1. The molecule has 2 rings (SSSR count). The number of hydrogen-bond donors (Lipinski definition) is 1. The molecular weight excluding hydrogens is 276 g/mol. The SMILES string of the molecule is CC(O)CCN(C)C(=O)c1csc(-c2cnn(C)c2)n1. The molecule has 1 amide bonds. The van der Waals surface area contributed by atoms with Gasteiger partial charge in [-0.3, -0.25) is 9.48 Å². The van der Waals surface area contributed by atoms with E-state index in [-0.39, 0.29) is 5.91 Å². The molecule has 7 heteroatoms. The average Bonchev–Trinajstić information content (AvgIpc) is 3.03. The van der Waals surface area contributed by atoms with Crippen LogP contribution in [0.25, 0.3) is 10.6 Å². The summed E-state index contributed by atoms with van der Waals surface area (Å²) in [5.41, 5.74) is 1.34. The molecule has 0 aromatic carbocycles. The zero-order valence-electron chi connectivity index (χ0n) is 11.8. The van der Waals surface area contributed by atoms with Crippen LogP contribution in [-0.4, -0.2) is 50.4 Å². The van der Waals surface area contributed by atoms with Gasteiger partial charge in [0.1, 0.15) is 10.7 Å². The van der Waals surface area contributed by atoms with E-state index in [0.717, 1.165) is 10.6 Å². The Bertz CT molecular complexity index is 591. The maximum atomic E-state index is 12.2. The van der Waals surface area contributed by atoms with Crippen molar-refractivity contribution < 1.29 is 9.90 Å². The summed E-state index contributed by atoms with van der Waals surface area (Å²) in [6.45, 7) is 2.22. The molecule has 6 nitrogen and oxygen atoms in total. The van der Waals surface area contributed by atoms with E-state index in [9.17, 15) is 9.90 Å². The third-order valence-electron chi connectivity index (χ3n) is 2.90. The topological polar surface area (TPSA) is 71.2 Å². The summed E-state index contributed by atoms with van der Waals surface area (Å²) in [4.78, 5) is 18.1. The number of carbonyl (C=O) groups excluding carboxylic acids is 1. The maximum Gasteiger partial charge on any atom is 0.273 e. The van der Waals surface area contributed by atoms with Gasteiger partial charge in [0.05, 0.1) is 12.3 Å². The van der Waals surface area contributed by atoms with Crippen LogP contribution in [-0.2, 0) is 7.05 Å². The fraction of sp³-hybridized carbons (Fsp3) is 0.462. The number of aromatic nitrogens is 3. The van der Waals surface area contributed by atoms with E-state index in [1.165, 1.54) is 11.3 Å². The van der Waals surface area contributed by atoms with Crippen LogP contribution >= 0.6 is 11.3 Å². The summed E-state index contributed by atoms with van der Waals surface area (Å²) in [5.74, 6) is -0.128. The van der Waals surface area contributed by atoms with Gasteiger partial charge in [0, 0.05) is 37.8 Å². The van der Waals surface area contributed by atoms with E-state index in [1.807, 2.05) is 13.2 Å². The van der Waals surface area contributed by atoms with Crippen LogP contribution in [0.4, 0.5) is 0 Å². The lowest BCUT2D eigenvalue weighted by atomic mass is 10.2. The molecule has 0 aliphatic carbocycles. The minimum atomic E-state index is -0.411. The summed E-state index contributed by atoms with van der Waals surface area (Å²) in [7, 11) is 3.56. The third kappa shape index (κ3) is 3.43. The Morgan fingerprint density at radius 2 is 2.35 bits per heavy atom. The summed E-state index contributed by atoms with van der Waals surface area (Å²) in [6, 6.07) is 0. The lowest BCUT2D eigenvalue weighted by Gasteiger charge is -2.16. The Kier molecular flexibility index (Phi) is 4.51. The molecule has 0 aliphatic heterocycles. The van der Waals surface area contributed by atoms with Gasteiger partial charge in [-0.1, -0.05) is 0 Å². The van der Waals surface area contributed by atoms with Crippen molar-refractivity contribution in [1.82, 2.24) is 19.7 Å². The number of amides is 1. The normalized spacial score (nSPS) is 12.4. The molecular formula is C13H18N4O2S. The molecule has 1 N–H and O–H groups in total. The first kappa shape index (κ1) is 14.7. The second-order valence-electron chi connectivity index (χ2n) is 4.80. The number of nitrogens with zero attached hydrogens (tertiary/aromatic N) is 4. The second-order valence-corrected chi connectivity index (χ2v) is 5.66. The minimum absolute atomic E-state index is 0.128. The monoisotopic (exact) mass is 294 g/mol. The molecule has 1 unspecified atom stereocenters. The van der Waals surface area contributed by atoms with E-state index in [2.05, 4.69) is 10.1 Å². The fourth-order valence-electron chi connectivity index (χ4n) is 1.71. The lowest BCUT2D eigenvalue weighted by molar-refractivity contribution is 0.0764. The van der Waals surface area contributed by atoms with E-state index < -0.39 is 6.10 Å². The van der Waals surface area contributed by atoms with Crippen LogP contribution in [0.1, 0.15) is 23.8 Å². The van der Waals surface area contributed by atoms with Gasteiger partial charge < -0.3 is 10.0 Å². The first-order valence-corrected chi connectivity index (χ1v) is 7.23. The predicted octanol–water partition coefficient (Wildman–Crippen LogP) is 1.39. The van der Waals surface area contributed by atoms with Crippen molar-refractivity contribution in [3.8, 4) is 10.6 Å². The van der Waals surface area contributed by atoms with Crippen molar-refractivity contribution in [2.45, 2.75) is 19.4 Å². The smallest absolute Gasteiger partial charge is 0.273 e. The Labute approximate surface area is 121 Å². The average molecular weight is 294 g/mol. The van der Waals surface area contributed by atoms with Gasteiger partial charge in [0.2, 0.25) is 0 Å². The second kappa shape index (κ2) is 6.15. The standard InChI is InChI=1S/C13H18N4O2S/c1-9(18)4-5-16(2)13(19)11-8-20-12(15-11)10-6-14-17(3)7-10/h6-9,18H,4-5H2,1-3H3. The Morgan fingerprint density at radius 3 is 2.95 bits per heavy atom. The predicted molar refractivity (Wildman–Crippen MR) is 77.6 cm³/mol. The molecule has 0 saturated heterocycles. The Morgan fingerprint density at radius 1 is 1.60 bits per heavy atom. The number of aliphatic hydroxyl groups excluding tert-OH is 1. The molecule has 0 saturated carbocycles. The highest BCUT2D eigenvalue weighted by Crippen LogP contribution is 2.23. The molecule has 0 spiro atoms. The third-order valence-corrected chi connectivity index (χ3v) is 3.80. The Balaban J connectivity index is 2.06. The summed E-state index contributed by atoms with van der Waals surface area (Å²) >= 11 is 1.42. The van der Waals surface area contributed by atoms with Crippen molar-refractivity contribution in [3.63, 3.8) is 0 Å². The van der Waals surface area contributed by atoms with Crippen molar-refractivity contribution in [1.29, 1.82) is 0 Å². The molecule has 0 bridgehead atoms. The summed E-state index contributed by atoms with van der Waals surface area (Å²) in [5, 5.41) is 15.9. The van der Waals surface area contributed by atoms with Crippen LogP contribution in [0.15, 0.2) is 17.8 Å². The largest absolute Gasteiger partial charge is 0.393 e. The van der Waals surface area contributed by atoms with Gasteiger partial charge in [0.25, 0.3) is 5.91 Å². The first-order chi connectivity index (χ1) is 9.47. The van der Waals surface area contributed by atoms with Crippen molar-refractivity contribution in [2.75, 3.05) is 13.6 Å². The van der Waals surface area contributed by atoms with Gasteiger partial charge in [-0.05, 0) is 13.3 Å². The first-order valence-electron chi connectivity index (χ1n) is 6.35. The number of thiazole rings is 1. The van der Waals surface area contributed by atoms with E-state index >= 15 is 0 Å². The molecule has 20 heavy (non-hydrogen) atoms. The van der Waals surface area contributed by atoms with Gasteiger partial charge >= 0.3 is 0 Å². The fourth-order valence-corrected chi connectivity index (χ4v) is 2.48. The van der Waals surface area contributed by atoms with Crippen LogP contribution in [0, 0.1) is 0 Å². The molecule has 2 aromatic heterocycles. The van der Waals surface area contributed by atoms with Crippen LogP contribution in [0.3, 0.4) is 0 Å². The molecule has 2 aromatic rings. The maximum absolute atomic E-state index is 12.2. The highest BCUT2D eigenvalue weighted by atomic mass is 32.1. The number of carbonyl (C=O) groups is 1. The van der Waals surface area contributed by atoms with Gasteiger partial charge in [0.15, 0.2) is 0 Å². The van der Waals surface area contributed by atoms with Gasteiger partial charge in [-0.2, -0.15) is 5.10 Å². The van der Waals surface area contributed by atoms with Crippen LogP contribution in [0.2, 0.25) is 0 Å². The number of aliphatic hydroxyl groups is 1. The highest BCUT2D eigenvalue weighted by molar-refractivity contribution is 7.13. The molecule has 2 heterocycles.